The molecule has 6 heteroatoms. The third-order valence-corrected chi connectivity index (χ3v) is 3.78. The Bertz CT molecular complexity index is 421. The fourth-order valence-corrected chi connectivity index (χ4v) is 1.43. The van der Waals surface area contributed by atoms with Crippen LogP contribution >= 0.6 is 11.8 Å². The zero-order valence-corrected chi connectivity index (χ0v) is 11.3. The largest absolute Gasteiger partial charge is 0.369 e. The number of thioether (sulfide) groups is 1. The number of rotatable bonds is 5. The van der Waals surface area contributed by atoms with Crippen LogP contribution in [0.3, 0.4) is 0 Å². The summed E-state index contributed by atoms with van der Waals surface area (Å²) in [6.07, 6.45) is 3.35. The molecule has 0 bridgehead atoms. The summed E-state index contributed by atoms with van der Waals surface area (Å²) in [6.45, 7) is 6.73. The Kier molecular flexibility index (Phi) is 4.34. The van der Waals surface area contributed by atoms with Crippen LogP contribution in [0.4, 0.5) is 11.5 Å². The van der Waals surface area contributed by atoms with Crippen molar-refractivity contribution in [2.24, 2.45) is 0 Å². The first-order valence-corrected chi connectivity index (χ1v) is 6.48. The minimum Gasteiger partial charge on any atom is -0.369 e. The molecule has 0 amide bonds. The highest BCUT2D eigenvalue weighted by Crippen LogP contribution is 2.23. The van der Waals surface area contributed by atoms with Crippen LogP contribution in [0, 0.1) is 17.0 Å². The smallest absolute Gasteiger partial charge is 0.290 e. The van der Waals surface area contributed by atoms with Gasteiger partial charge < -0.3 is 5.32 Å². The first-order chi connectivity index (χ1) is 7.85. The highest BCUT2D eigenvalue weighted by Gasteiger charge is 2.16. The molecule has 5 nitrogen and oxygen atoms in total. The molecule has 0 aliphatic rings. The van der Waals surface area contributed by atoms with Gasteiger partial charge in [0.15, 0.2) is 0 Å². The molecule has 1 heterocycles. The van der Waals surface area contributed by atoms with Gasteiger partial charge in [-0.2, -0.15) is 11.8 Å². The number of nitrogens with one attached hydrogen (secondary N) is 1. The van der Waals surface area contributed by atoms with E-state index in [0.717, 1.165) is 6.54 Å². The quantitative estimate of drug-likeness (QED) is 0.647. The summed E-state index contributed by atoms with van der Waals surface area (Å²) in [5.41, 5.74) is 0.675. The van der Waals surface area contributed by atoms with Gasteiger partial charge in [0.2, 0.25) is 0 Å². The Morgan fingerprint density at radius 3 is 2.71 bits per heavy atom. The van der Waals surface area contributed by atoms with Crippen molar-refractivity contribution in [1.29, 1.82) is 0 Å². The van der Waals surface area contributed by atoms with Gasteiger partial charge in [0.05, 0.1) is 4.92 Å². The highest BCUT2D eigenvalue weighted by molar-refractivity contribution is 7.99. The van der Waals surface area contributed by atoms with Gasteiger partial charge in [0.25, 0.3) is 5.69 Å². The van der Waals surface area contributed by atoms with E-state index >= 15 is 0 Å². The molecular weight excluding hydrogens is 238 g/mol. The molecule has 1 aromatic heterocycles. The number of nitrogens with zero attached hydrogens (tertiary/aromatic N) is 2. The first kappa shape index (κ1) is 13.8. The molecule has 0 radical (unpaired) electrons. The summed E-state index contributed by atoms with van der Waals surface area (Å²) >= 11 is 1.76. The Labute approximate surface area is 105 Å². The van der Waals surface area contributed by atoms with Crippen molar-refractivity contribution < 1.29 is 4.92 Å². The molecule has 0 saturated carbocycles. The minimum atomic E-state index is -0.419. The average Bonchev–Trinajstić information content (AvgIpc) is 2.26. The summed E-state index contributed by atoms with van der Waals surface area (Å²) in [7, 11) is 0. The SMILES string of the molecule is CSC(C)(C)CNc1cc(C)c([N+](=O)[O-])cn1. The van der Waals surface area contributed by atoms with Crippen LogP contribution in [0.1, 0.15) is 19.4 Å². The van der Waals surface area contributed by atoms with Crippen LogP contribution in [0.5, 0.6) is 0 Å². The maximum absolute atomic E-state index is 10.6. The van der Waals surface area contributed by atoms with Crippen LogP contribution < -0.4 is 5.32 Å². The van der Waals surface area contributed by atoms with Gasteiger partial charge in [-0.15, -0.1) is 0 Å². The zero-order valence-electron chi connectivity index (χ0n) is 10.5. The predicted octanol–water partition coefficient (Wildman–Crippen LogP) is 2.85. The minimum absolute atomic E-state index is 0.0553. The average molecular weight is 255 g/mol. The second-order valence-corrected chi connectivity index (χ2v) is 5.94. The van der Waals surface area contributed by atoms with E-state index in [0.29, 0.717) is 11.4 Å². The Morgan fingerprint density at radius 2 is 2.24 bits per heavy atom. The van der Waals surface area contributed by atoms with Crippen molar-refractivity contribution in [3.63, 3.8) is 0 Å². The summed E-state index contributed by atoms with van der Waals surface area (Å²) in [6, 6.07) is 1.70. The van der Waals surface area contributed by atoms with Gasteiger partial charge in [-0.1, -0.05) is 0 Å². The van der Waals surface area contributed by atoms with Gasteiger partial charge in [-0.25, -0.2) is 4.98 Å². The summed E-state index contributed by atoms with van der Waals surface area (Å²) < 4.78 is 0.108. The molecule has 0 aromatic carbocycles. The van der Waals surface area contributed by atoms with Gasteiger partial charge in [-0.05, 0) is 33.1 Å². The van der Waals surface area contributed by atoms with E-state index < -0.39 is 4.92 Å². The van der Waals surface area contributed by atoms with Gasteiger partial charge >= 0.3 is 0 Å². The third-order valence-electron chi connectivity index (χ3n) is 2.53. The van der Waals surface area contributed by atoms with E-state index in [-0.39, 0.29) is 10.4 Å². The normalized spacial score (nSPS) is 11.3. The van der Waals surface area contributed by atoms with E-state index in [2.05, 4.69) is 30.4 Å². The summed E-state index contributed by atoms with van der Waals surface area (Å²) in [4.78, 5) is 14.3. The number of pyridine rings is 1. The van der Waals surface area contributed by atoms with E-state index in [1.807, 2.05) is 0 Å². The Morgan fingerprint density at radius 1 is 1.59 bits per heavy atom. The number of hydrogen-bond donors (Lipinski definition) is 1. The fourth-order valence-electron chi connectivity index (χ4n) is 1.21. The van der Waals surface area contributed by atoms with Crippen molar-refractivity contribution in [3.05, 3.63) is 27.9 Å². The number of anilines is 1. The Hall–Kier alpha value is -1.30. The van der Waals surface area contributed by atoms with Gasteiger partial charge in [0.1, 0.15) is 12.0 Å². The molecule has 1 N–H and O–H groups in total. The van der Waals surface area contributed by atoms with E-state index in [4.69, 9.17) is 0 Å². The van der Waals surface area contributed by atoms with Crippen molar-refractivity contribution >= 4 is 23.3 Å². The first-order valence-electron chi connectivity index (χ1n) is 5.26. The van der Waals surface area contributed by atoms with Crippen LogP contribution in [-0.2, 0) is 0 Å². The van der Waals surface area contributed by atoms with E-state index in [9.17, 15) is 10.1 Å². The summed E-state index contributed by atoms with van der Waals surface area (Å²) in [5.74, 6) is 0.676. The monoisotopic (exact) mass is 255 g/mol. The Balaban J connectivity index is 2.75. The lowest BCUT2D eigenvalue weighted by molar-refractivity contribution is -0.385. The predicted molar refractivity (Wildman–Crippen MR) is 71.7 cm³/mol. The lowest BCUT2D eigenvalue weighted by Crippen LogP contribution is -2.26. The van der Waals surface area contributed by atoms with Gasteiger partial charge in [0, 0.05) is 16.9 Å². The molecule has 94 valence electrons. The fraction of sp³-hybridized carbons (Fsp3) is 0.545. The highest BCUT2D eigenvalue weighted by atomic mass is 32.2. The molecular formula is C11H17N3O2S. The molecule has 17 heavy (non-hydrogen) atoms. The molecule has 0 aliphatic heterocycles. The van der Waals surface area contributed by atoms with Crippen LogP contribution in [0.25, 0.3) is 0 Å². The summed E-state index contributed by atoms with van der Waals surface area (Å²) in [5, 5.41) is 13.8. The molecule has 0 saturated heterocycles. The molecule has 0 atom stereocenters. The molecule has 0 aliphatic carbocycles. The van der Waals surface area contributed by atoms with E-state index in [1.165, 1.54) is 6.20 Å². The third kappa shape index (κ3) is 3.89. The number of hydrogen-bond acceptors (Lipinski definition) is 5. The molecule has 0 unspecified atom stereocenters. The molecule has 0 spiro atoms. The van der Waals surface area contributed by atoms with Crippen molar-refractivity contribution in [3.8, 4) is 0 Å². The number of nitro groups is 1. The van der Waals surface area contributed by atoms with Gasteiger partial charge in [-0.3, -0.25) is 10.1 Å². The number of aryl methyl sites for hydroxylation is 1. The topological polar surface area (TPSA) is 68.1 Å². The standard InChI is InChI=1S/C11H17N3O2S/c1-8-5-10(12-6-9(8)14(15)16)13-7-11(2,3)17-4/h5-6H,7H2,1-4H3,(H,12,13). The molecule has 1 rings (SSSR count). The second kappa shape index (κ2) is 5.35. The van der Waals surface area contributed by atoms with Crippen LogP contribution in [0.2, 0.25) is 0 Å². The van der Waals surface area contributed by atoms with Crippen molar-refractivity contribution in [2.75, 3.05) is 18.1 Å². The van der Waals surface area contributed by atoms with Crippen LogP contribution in [-0.4, -0.2) is 27.5 Å². The van der Waals surface area contributed by atoms with E-state index in [1.54, 1.807) is 24.8 Å². The molecule has 0 fully saturated rings. The number of aromatic nitrogens is 1. The second-order valence-electron chi connectivity index (χ2n) is 4.43. The lowest BCUT2D eigenvalue weighted by Gasteiger charge is -2.22. The lowest BCUT2D eigenvalue weighted by atomic mass is 10.2. The van der Waals surface area contributed by atoms with Crippen molar-refractivity contribution in [1.82, 2.24) is 4.98 Å². The molecule has 1 aromatic rings. The maximum Gasteiger partial charge on any atom is 0.290 e. The maximum atomic E-state index is 10.6. The zero-order chi connectivity index (χ0) is 13.1. The van der Waals surface area contributed by atoms with Crippen LogP contribution in [0.15, 0.2) is 12.3 Å². The van der Waals surface area contributed by atoms with Crippen molar-refractivity contribution in [2.45, 2.75) is 25.5 Å².